The zero-order valence-electron chi connectivity index (χ0n) is 16.9. The van der Waals surface area contributed by atoms with Gasteiger partial charge in [-0.2, -0.15) is 0 Å². The number of allylic oxidation sites excluding steroid dienone is 3. The highest BCUT2D eigenvalue weighted by Crippen LogP contribution is 2.25. The molecular formula is C21H40BN. The van der Waals surface area contributed by atoms with Gasteiger partial charge in [-0.05, 0) is 24.3 Å². The van der Waals surface area contributed by atoms with Crippen LogP contribution in [0.3, 0.4) is 0 Å². The lowest BCUT2D eigenvalue weighted by molar-refractivity contribution is 0.541. The van der Waals surface area contributed by atoms with E-state index >= 15 is 0 Å². The zero-order chi connectivity index (χ0) is 18.1. The van der Waals surface area contributed by atoms with Gasteiger partial charge in [0.2, 0.25) is 0 Å². The molecule has 1 heterocycles. The van der Waals surface area contributed by atoms with Gasteiger partial charge in [0.15, 0.2) is 0 Å². The first-order valence-electron chi connectivity index (χ1n) is 9.55. The number of hydrogen-bond acceptors (Lipinski definition) is 1. The second kappa shape index (κ2) is 16.1. The molecule has 1 atom stereocenters. The van der Waals surface area contributed by atoms with Crippen molar-refractivity contribution in [2.45, 2.75) is 93.3 Å². The molecule has 23 heavy (non-hydrogen) atoms. The van der Waals surface area contributed by atoms with Gasteiger partial charge in [0.1, 0.15) is 0 Å². The Bertz CT molecular complexity index is 338. The van der Waals surface area contributed by atoms with Crippen molar-refractivity contribution >= 4 is 14.1 Å². The maximum absolute atomic E-state index is 5.03. The standard InChI is InChI=1S/C12H19N.C6H14.C3H7B/c1-4-7-12(3)8-6-11(5-2)9-13-10-12;1-4-6(3)5-2;1-2-3-4/h6,8-10H,4-5,7H2,1-3H3;6H,4-5H2,1-3H3;2-3H2,1H3. The van der Waals surface area contributed by atoms with Crippen molar-refractivity contribution in [3.63, 3.8) is 0 Å². The molecule has 0 fully saturated rings. The number of rotatable bonds is 6. The zero-order valence-corrected chi connectivity index (χ0v) is 16.9. The Labute approximate surface area is 148 Å². The minimum atomic E-state index is 0.169. The molecule has 0 aliphatic carbocycles. The Kier molecular flexibility index (Phi) is 17.1. The molecular weight excluding hydrogens is 277 g/mol. The van der Waals surface area contributed by atoms with E-state index in [1.807, 2.05) is 6.20 Å². The normalized spacial score (nSPS) is 19.2. The maximum Gasteiger partial charge on any atom is 0.0652 e. The molecule has 0 saturated carbocycles. The lowest BCUT2D eigenvalue weighted by Crippen LogP contribution is -2.13. The van der Waals surface area contributed by atoms with Crippen molar-refractivity contribution in [3.8, 4) is 0 Å². The highest BCUT2D eigenvalue weighted by Gasteiger charge is 2.17. The average Bonchev–Trinajstić information content (AvgIpc) is 2.76. The first-order chi connectivity index (χ1) is 10.9. The summed E-state index contributed by atoms with van der Waals surface area (Å²) in [5.41, 5.74) is 1.48. The summed E-state index contributed by atoms with van der Waals surface area (Å²) in [7, 11) is 5.03. The second-order valence-electron chi connectivity index (χ2n) is 6.64. The van der Waals surface area contributed by atoms with Crippen molar-refractivity contribution in [1.82, 2.24) is 0 Å². The fourth-order valence-corrected chi connectivity index (χ4v) is 1.87. The predicted octanol–water partition coefficient (Wildman–Crippen LogP) is 7.15. The highest BCUT2D eigenvalue weighted by atomic mass is 14.7. The van der Waals surface area contributed by atoms with E-state index in [1.54, 1.807) is 0 Å². The van der Waals surface area contributed by atoms with E-state index < -0.39 is 0 Å². The summed E-state index contributed by atoms with van der Waals surface area (Å²) in [6.45, 7) is 15.4. The molecule has 0 amide bonds. The monoisotopic (exact) mass is 317 g/mol. The van der Waals surface area contributed by atoms with Gasteiger partial charge >= 0.3 is 0 Å². The van der Waals surface area contributed by atoms with Crippen LogP contribution in [0.2, 0.25) is 6.32 Å². The van der Waals surface area contributed by atoms with Crippen LogP contribution in [0, 0.1) is 11.3 Å². The largest absolute Gasteiger partial charge is 0.268 e. The molecule has 1 rings (SSSR count). The van der Waals surface area contributed by atoms with Gasteiger partial charge in [-0.25, -0.2) is 0 Å². The summed E-state index contributed by atoms with van der Waals surface area (Å²) in [6.07, 6.45) is 16.5. The van der Waals surface area contributed by atoms with Crippen LogP contribution in [0.15, 0.2) is 28.9 Å². The number of hydrogen-bond donors (Lipinski definition) is 0. The maximum atomic E-state index is 5.03. The van der Waals surface area contributed by atoms with Crippen molar-refractivity contribution < 1.29 is 0 Å². The Balaban J connectivity index is 0. The van der Waals surface area contributed by atoms with E-state index in [4.69, 9.17) is 7.85 Å². The quantitative estimate of drug-likeness (QED) is 0.461. The molecule has 1 aliphatic rings. The summed E-state index contributed by atoms with van der Waals surface area (Å²) in [6, 6.07) is 0. The van der Waals surface area contributed by atoms with Gasteiger partial charge in [-0.1, -0.05) is 92.6 Å². The third kappa shape index (κ3) is 14.5. The molecule has 132 valence electrons. The molecule has 1 unspecified atom stereocenters. The Morgan fingerprint density at radius 2 is 1.65 bits per heavy atom. The fraction of sp³-hybridized carbons (Fsp3) is 0.762. The fourth-order valence-electron chi connectivity index (χ4n) is 1.87. The SMILES string of the molecule is CCC(C)CC.CCCC1(C)C=CC(CC)=CN=C1.[B]CCC. The van der Waals surface area contributed by atoms with Crippen molar-refractivity contribution in [3.05, 3.63) is 23.9 Å². The van der Waals surface area contributed by atoms with E-state index in [0.717, 1.165) is 25.1 Å². The van der Waals surface area contributed by atoms with Crippen LogP contribution >= 0.6 is 0 Å². The Morgan fingerprint density at radius 3 is 2.00 bits per heavy atom. The molecule has 0 aromatic rings. The van der Waals surface area contributed by atoms with Crippen molar-refractivity contribution in [1.29, 1.82) is 0 Å². The second-order valence-corrected chi connectivity index (χ2v) is 6.64. The van der Waals surface area contributed by atoms with E-state index in [1.165, 1.54) is 31.3 Å². The van der Waals surface area contributed by atoms with Gasteiger partial charge in [-0.15, -0.1) is 0 Å². The molecule has 2 heteroatoms. The number of nitrogens with zero attached hydrogens (tertiary/aromatic N) is 1. The van der Waals surface area contributed by atoms with E-state index in [2.05, 4.69) is 71.8 Å². The van der Waals surface area contributed by atoms with Crippen LogP contribution in [0.4, 0.5) is 0 Å². The number of aliphatic imine (C=N–C) groups is 1. The average molecular weight is 317 g/mol. The first kappa shape index (κ1) is 24.5. The molecule has 0 aromatic carbocycles. The summed E-state index contributed by atoms with van der Waals surface area (Å²) in [4.78, 5) is 4.35. The van der Waals surface area contributed by atoms with E-state index in [-0.39, 0.29) is 5.41 Å². The third-order valence-corrected chi connectivity index (χ3v) is 4.17. The van der Waals surface area contributed by atoms with Gasteiger partial charge in [0.25, 0.3) is 0 Å². The lowest BCUT2D eigenvalue weighted by Gasteiger charge is -2.18. The minimum Gasteiger partial charge on any atom is -0.268 e. The third-order valence-electron chi connectivity index (χ3n) is 4.17. The van der Waals surface area contributed by atoms with Gasteiger partial charge in [0.05, 0.1) is 7.85 Å². The minimum absolute atomic E-state index is 0.169. The summed E-state index contributed by atoms with van der Waals surface area (Å²) < 4.78 is 0. The Morgan fingerprint density at radius 1 is 1.09 bits per heavy atom. The first-order valence-corrected chi connectivity index (χ1v) is 9.55. The van der Waals surface area contributed by atoms with Crippen LogP contribution in [-0.4, -0.2) is 14.1 Å². The van der Waals surface area contributed by atoms with E-state index in [0.29, 0.717) is 0 Å². The molecule has 0 bridgehead atoms. The molecule has 0 saturated heterocycles. The molecule has 1 nitrogen and oxygen atoms in total. The van der Waals surface area contributed by atoms with Gasteiger partial charge in [-0.3, -0.25) is 4.99 Å². The van der Waals surface area contributed by atoms with Gasteiger partial charge < -0.3 is 0 Å². The predicted molar refractivity (Wildman–Crippen MR) is 110 cm³/mol. The van der Waals surface area contributed by atoms with Gasteiger partial charge in [0, 0.05) is 17.8 Å². The smallest absolute Gasteiger partial charge is 0.0652 e. The van der Waals surface area contributed by atoms with E-state index in [9.17, 15) is 0 Å². The lowest BCUT2D eigenvalue weighted by atomic mass is 9.86. The summed E-state index contributed by atoms with van der Waals surface area (Å²) in [5, 5.41) is 0. The molecule has 2 radical (unpaired) electrons. The summed E-state index contributed by atoms with van der Waals surface area (Å²) >= 11 is 0. The van der Waals surface area contributed by atoms with Crippen molar-refractivity contribution in [2.75, 3.05) is 0 Å². The van der Waals surface area contributed by atoms with Crippen LogP contribution in [0.1, 0.15) is 87.0 Å². The molecule has 1 aliphatic heterocycles. The van der Waals surface area contributed by atoms with Crippen LogP contribution in [0.5, 0.6) is 0 Å². The molecule has 0 aromatic heterocycles. The van der Waals surface area contributed by atoms with Crippen LogP contribution in [0.25, 0.3) is 0 Å². The van der Waals surface area contributed by atoms with Crippen molar-refractivity contribution in [2.24, 2.45) is 16.3 Å². The molecule has 0 spiro atoms. The van der Waals surface area contributed by atoms with Crippen LogP contribution in [-0.2, 0) is 0 Å². The molecule has 0 N–H and O–H groups in total. The topological polar surface area (TPSA) is 12.4 Å². The van der Waals surface area contributed by atoms with Crippen LogP contribution < -0.4 is 0 Å². The Hall–Kier alpha value is -0.785. The highest BCUT2D eigenvalue weighted by molar-refractivity contribution is 6.08. The summed E-state index contributed by atoms with van der Waals surface area (Å²) in [5.74, 6) is 0.935.